The zero-order valence-corrected chi connectivity index (χ0v) is 15.2. The predicted octanol–water partition coefficient (Wildman–Crippen LogP) is 3.72. The van der Waals surface area contributed by atoms with Crippen LogP contribution in [0.2, 0.25) is 0 Å². The van der Waals surface area contributed by atoms with Crippen molar-refractivity contribution in [3.05, 3.63) is 29.8 Å². The van der Waals surface area contributed by atoms with E-state index in [1.54, 1.807) is 0 Å². The van der Waals surface area contributed by atoms with Crippen LogP contribution in [0.5, 0.6) is 0 Å². The van der Waals surface area contributed by atoms with Gasteiger partial charge in [0.15, 0.2) is 0 Å². The number of amides is 1. The smallest absolute Gasteiger partial charge is 0.245 e. The van der Waals surface area contributed by atoms with Gasteiger partial charge in [0.05, 0.1) is 0 Å². The Bertz CT molecular complexity index is 580. The van der Waals surface area contributed by atoms with Crippen LogP contribution in [0.1, 0.15) is 46.6 Å². The average molecular weight is 314 g/mol. The minimum Gasteiger partial charge on any atom is -0.354 e. The summed E-state index contributed by atoms with van der Waals surface area (Å²) >= 11 is 0. The van der Waals surface area contributed by atoms with Crippen molar-refractivity contribution in [3.8, 4) is 0 Å². The number of nitrogens with zero attached hydrogens (tertiary/aromatic N) is 2. The van der Waals surface area contributed by atoms with Crippen molar-refractivity contribution >= 4 is 11.6 Å². The first-order valence-corrected chi connectivity index (χ1v) is 8.93. The molecule has 3 atom stereocenters. The summed E-state index contributed by atoms with van der Waals surface area (Å²) in [5.41, 5.74) is 2.48. The molecule has 0 saturated carbocycles. The zero-order chi connectivity index (χ0) is 16.8. The molecule has 1 unspecified atom stereocenters. The van der Waals surface area contributed by atoms with Crippen molar-refractivity contribution in [1.29, 1.82) is 0 Å². The Morgan fingerprint density at radius 2 is 1.70 bits per heavy atom. The van der Waals surface area contributed by atoms with Gasteiger partial charge in [-0.05, 0) is 50.7 Å². The number of hydrogen-bond donors (Lipinski definition) is 0. The standard InChI is InChI=1S/C20H30N2O/c1-14-10-15(2)13-21(12-14)19(23)18-11-16-8-6-7-9-17(16)22(18)20(3,4)5/h6-9,14-15,18H,10-13H2,1-5H3/t14-,15+,18?. The van der Waals surface area contributed by atoms with E-state index < -0.39 is 0 Å². The molecule has 0 aliphatic carbocycles. The molecular weight excluding hydrogens is 284 g/mol. The molecular formula is C20H30N2O. The lowest BCUT2D eigenvalue weighted by Crippen LogP contribution is -2.56. The monoisotopic (exact) mass is 314 g/mol. The van der Waals surface area contributed by atoms with Crippen LogP contribution in [0.15, 0.2) is 24.3 Å². The molecule has 1 saturated heterocycles. The second-order valence-electron chi connectivity index (χ2n) is 8.58. The van der Waals surface area contributed by atoms with Gasteiger partial charge in [-0.2, -0.15) is 0 Å². The Morgan fingerprint density at radius 1 is 1.09 bits per heavy atom. The molecule has 3 rings (SSSR count). The van der Waals surface area contributed by atoms with Crippen molar-refractivity contribution in [1.82, 2.24) is 4.90 Å². The van der Waals surface area contributed by atoms with E-state index in [1.165, 1.54) is 17.7 Å². The summed E-state index contributed by atoms with van der Waals surface area (Å²) < 4.78 is 0. The minimum atomic E-state index is -0.0556. The third kappa shape index (κ3) is 3.11. The van der Waals surface area contributed by atoms with Crippen molar-refractivity contribution in [2.75, 3.05) is 18.0 Å². The Kier molecular flexibility index (Phi) is 4.16. The largest absolute Gasteiger partial charge is 0.354 e. The highest BCUT2D eigenvalue weighted by atomic mass is 16.2. The maximum absolute atomic E-state index is 13.3. The Balaban J connectivity index is 1.88. The van der Waals surface area contributed by atoms with Gasteiger partial charge in [-0.1, -0.05) is 32.0 Å². The molecule has 0 bridgehead atoms. The maximum atomic E-state index is 13.3. The Morgan fingerprint density at radius 3 is 2.30 bits per heavy atom. The number of carbonyl (C=O) groups is 1. The number of para-hydroxylation sites is 1. The number of benzene rings is 1. The Labute approximate surface area is 140 Å². The number of likely N-dealkylation sites (tertiary alicyclic amines) is 1. The molecule has 2 aliphatic heterocycles. The van der Waals surface area contributed by atoms with Gasteiger partial charge in [0.1, 0.15) is 6.04 Å². The van der Waals surface area contributed by atoms with Gasteiger partial charge in [-0.3, -0.25) is 4.79 Å². The molecule has 1 fully saturated rings. The average Bonchev–Trinajstić information content (AvgIpc) is 2.84. The number of fused-ring (bicyclic) bond motifs is 1. The molecule has 3 heteroatoms. The molecule has 2 heterocycles. The highest BCUT2D eigenvalue weighted by Crippen LogP contribution is 2.38. The molecule has 1 amide bonds. The Hall–Kier alpha value is -1.51. The van der Waals surface area contributed by atoms with Crippen LogP contribution in [0.4, 0.5) is 5.69 Å². The quantitative estimate of drug-likeness (QED) is 0.789. The van der Waals surface area contributed by atoms with Gasteiger partial charge in [-0.15, -0.1) is 0 Å². The number of piperidine rings is 1. The van der Waals surface area contributed by atoms with Gasteiger partial charge in [0, 0.05) is 30.7 Å². The first kappa shape index (κ1) is 16.4. The lowest BCUT2D eigenvalue weighted by atomic mass is 9.91. The van der Waals surface area contributed by atoms with Crippen LogP contribution >= 0.6 is 0 Å². The van der Waals surface area contributed by atoms with Crippen molar-refractivity contribution in [2.24, 2.45) is 11.8 Å². The summed E-state index contributed by atoms with van der Waals surface area (Å²) in [6, 6.07) is 8.44. The van der Waals surface area contributed by atoms with Crippen molar-refractivity contribution in [3.63, 3.8) is 0 Å². The normalized spacial score (nSPS) is 28.0. The molecule has 1 aromatic carbocycles. The lowest BCUT2D eigenvalue weighted by Gasteiger charge is -2.42. The van der Waals surface area contributed by atoms with Crippen LogP contribution in [0.3, 0.4) is 0 Å². The molecule has 1 aromatic rings. The molecule has 23 heavy (non-hydrogen) atoms. The fourth-order valence-electron chi connectivity index (χ4n) is 4.47. The molecule has 2 aliphatic rings. The minimum absolute atomic E-state index is 0.0510. The van der Waals surface area contributed by atoms with E-state index in [1.807, 2.05) is 0 Å². The topological polar surface area (TPSA) is 23.6 Å². The van der Waals surface area contributed by atoms with E-state index in [2.05, 4.69) is 68.7 Å². The predicted molar refractivity (Wildman–Crippen MR) is 95.7 cm³/mol. The van der Waals surface area contributed by atoms with Crippen LogP contribution in [0, 0.1) is 11.8 Å². The summed E-state index contributed by atoms with van der Waals surface area (Å²) in [6.45, 7) is 13.0. The molecule has 0 N–H and O–H groups in total. The molecule has 3 nitrogen and oxygen atoms in total. The lowest BCUT2D eigenvalue weighted by molar-refractivity contribution is -0.135. The number of carbonyl (C=O) groups excluding carboxylic acids is 1. The first-order chi connectivity index (χ1) is 10.8. The SMILES string of the molecule is C[C@@H]1C[C@H](C)CN(C(=O)C2Cc3ccccc3N2C(C)(C)C)C1. The van der Waals surface area contributed by atoms with Crippen LogP contribution in [-0.4, -0.2) is 35.5 Å². The van der Waals surface area contributed by atoms with Crippen molar-refractivity contribution < 1.29 is 4.79 Å². The molecule has 0 radical (unpaired) electrons. The highest BCUT2D eigenvalue weighted by molar-refractivity contribution is 5.89. The number of rotatable bonds is 1. The van der Waals surface area contributed by atoms with E-state index in [9.17, 15) is 4.79 Å². The molecule has 0 aromatic heterocycles. The second kappa shape index (κ2) is 5.85. The summed E-state index contributed by atoms with van der Waals surface area (Å²) in [5.74, 6) is 1.53. The van der Waals surface area contributed by atoms with Crippen LogP contribution < -0.4 is 4.90 Å². The maximum Gasteiger partial charge on any atom is 0.245 e. The van der Waals surface area contributed by atoms with E-state index >= 15 is 0 Å². The summed E-state index contributed by atoms with van der Waals surface area (Å²) in [4.78, 5) is 17.8. The number of anilines is 1. The van der Waals surface area contributed by atoms with Gasteiger partial charge >= 0.3 is 0 Å². The van der Waals surface area contributed by atoms with Gasteiger partial charge in [0.25, 0.3) is 0 Å². The van der Waals surface area contributed by atoms with E-state index in [0.717, 1.165) is 19.5 Å². The fourth-order valence-corrected chi connectivity index (χ4v) is 4.47. The summed E-state index contributed by atoms with van der Waals surface area (Å²) in [7, 11) is 0. The van der Waals surface area contributed by atoms with E-state index in [-0.39, 0.29) is 11.6 Å². The number of hydrogen-bond acceptors (Lipinski definition) is 2. The summed E-state index contributed by atoms with van der Waals surface area (Å²) in [6.07, 6.45) is 2.07. The van der Waals surface area contributed by atoms with E-state index in [4.69, 9.17) is 0 Å². The fraction of sp³-hybridized carbons (Fsp3) is 0.650. The third-order valence-corrected chi connectivity index (χ3v) is 5.16. The highest BCUT2D eigenvalue weighted by Gasteiger charge is 2.42. The van der Waals surface area contributed by atoms with Gasteiger partial charge < -0.3 is 9.80 Å². The third-order valence-electron chi connectivity index (χ3n) is 5.16. The zero-order valence-electron chi connectivity index (χ0n) is 15.2. The van der Waals surface area contributed by atoms with Crippen molar-refractivity contribution in [2.45, 2.75) is 59.0 Å². The molecule has 126 valence electrons. The second-order valence-corrected chi connectivity index (χ2v) is 8.58. The molecule has 0 spiro atoms. The summed E-state index contributed by atoms with van der Waals surface area (Å²) in [5, 5.41) is 0. The van der Waals surface area contributed by atoms with Gasteiger partial charge in [-0.25, -0.2) is 0 Å². The first-order valence-electron chi connectivity index (χ1n) is 8.93. The van der Waals surface area contributed by atoms with Crippen LogP contribution in [0.25, 0.3) is 0 Å². The van der Waals surface area contributed by atoms with Gasteiger partial charge in [0.2, 0.25) is 5.91 Å². The van der Waals surface area contributed by atoms with Crippen LogP contribution in [-0.2, 0) is 11.2 Å². The van der Waals surface area contributed by atoms with E-state index in [0.29, 0.717) is 17.7 Å².